The molecule has 2 rings (SSSR count). The van der Waals surface area contributed by atoms with E-state index in [4.69, 9.17) is 11.5 Å². The summed E-state index contributed by atoms with van der Waals surface area (Å²) in [4.78, 5) is 22.4. The molecule has 0 radical (unpaired) electrons. The minimum absolute atomic E-state index is 0.390. The number of hydrogen-bond donors (Lipinski definition) is 2. The number of rotatable bonds is 2. The molecule has 0 unspecified atom stereocenters. The second kappa shape index (κ2) is 10.1. The van der Waals surface area contributed by atoms with Crippen molar-refractivity contribution in [3.63, 3.8) is 0 Å². The normalized spacial score (nSPS) is 9.77. The van der Waals surface area contributed by atoms with Crippen LogP contribution < -0.4 is 11.5 Å². The van der Waals surface area contributed by atoms with Gasteiger partial charge in [0.25, 0.3) is 0 Å². The number of esters is 2. The average Bonchev–Trinajstić information content (AvgIpc) is 2.60. The second-order valence-corrected chi connectivity index (χ2v) is 8.01. The first kappa shape index (κ1) is 22.7. The summed E-state index contributed by atoms with van der Waals surface area (Å²) in [5, 5.41) is 0. The molecule has 2 aromatic carbocycles. The fourth-order valence-corrected chi connectivity index (χ4v) is 3.98. The summed E-state index contributed by atoms with van der Waals surface area (Å²) >= 11 is 8.62. The quantitative estimate of drug-likeness (QED) is 0.298. The highest BCUT2D eigenvalue weighted by atomic mass is 127. The Bertz CT molecular complexity index is 774. The molecule has 0 spiro atoms. The molecule has 0 saturated heterocycles. The molecule has 0 aliphatic carbocycles. The molecule has 0 aliphatic heterocycles. The smallest absolute Gasteiger partial charge is 0.340 e. The Balaban J connectivity index is 0.000000260. The molecule has 0 bridgehead atoms. The molecule has 0 amide bonds. The van der Waals surface area contributed by atoms with Crippen LogP contribution in [0, 0.1) is 10.5 Å². The van der Waals surface area contributed by atoms with Gasteiger partial charge in [0.15, 0.2) is 0 Å². The van der Waals surface area contributed by atoms with E-state index in [0.717, 1.165) is 18.1 Å². The zero-order chi connectivity index (χ0) is 20.0. The lowest BCUT2D eigenvalue weighted by Gasteiger charge is -2.06. The summed E-state index contributed by atoms with van der Waals surface area (Å²) in [6.07, 6.45) is 0. The van der Waals surface area contributed by atoms with Crippen molar-refractivity contribution in [3.8, 4) is 0 Å². The van der Waals surface area contributed by atoms with Gasteiger partial charge in [-0.05, 0) is 59.3 Å². The molecule has 9 heteroatoms. The number of ether oxygens (including phenoxy) is 2. The molecule has 0 saturated carbocycles. The summed E-state index contributed by atoms with van der Waals surface area (Å²) in [5.41, 5.74) is 14.0. The van der Waals surface area contributed by atoms with E-state index < -0.39 is 11.9 Å². The van der Waals surface area contributed by atoms with Crippen LogP contribution in [0.25, 0.3) is 0 Å². The van der Waals surface area contributed by atoms with Gasteiger partial charge in [0.05, 0.1) is 31.0 Å². The predicted molar refractivity (Wildman–Crippen MR) is 117 cm³/mol. The van der Waals surface area contributed by atoms with Crippen LogP contribution in [0.2, 0.25) is 0 Å². The Morgan fingerprint density at radius 2 is 1.31 bits per heavy atom. The summed E-state index contributed by atoms with van der Waals surface area (Å²) in [6.45, 7) is 1.84. The zero-order valence-corrected chi connectivity index (χ0v) is 19.6. The molecular formula is C17H17Br2IN2O4. The van der Waals surface area contributed by atoms with Crippen molar-refractivity contribution in [1.82, 2.24) is 0 Å². The third-order valence-electron chi connectivity index (χ3n) is 3.26. The number of hydrogen-bond acceptors (Lipinski definition) is 6. The number of methoxy groups -OCH3 is 2. The first-order valence-electron chi connectivity index (χ1n) is 7.09. The van der Waals surface area contributed by atoms with Gasteiger partial charge >= 0.3 is 11.9 Å². The van der Waals surface area contributed by atoms with Crippen molar-refractivity contribution in [1.29, 1.82) is 0 Å². The zero-order valence-electron chi connectivity index (χ0n) is 14.2. The molecular weight excluding hydrogens is 583 g/mol. The number of benzene rings is 2. The molecule has 0 atom stereocenters. The highest BCUT2D eigenvalue weighted by molar-refractivity contribution is 14.1. The first-order chi connectivity index (χ1) is 12.1. The maximum atomic E-state index is 11.2. The van der Waals surface area contributed by atoms with E-state index in [9.17, 15) is 9.59 Å². The Morgan fingerprint density at radius 1 is 0.885 bits per heavy atom. The van der Waals surface area contributed by atoms with Crippen molar-refractivity contribution >= 4 is 77.8 Å². The summed E-state index contributed by atoms with van der Waals surface area (Å²) < 4.78 is 11.6. The minimum atomic E-state index is -0.420. The number of nitrogen functional groups attached to an aromatic ring is 2. The van der Waals surface area contributed by atoms with Crippen LogP contribution in [0.4, 0.5) is 11.4 Å². The van der Waals surface area contributed by atoms with Crippen molar-refractivity contribution in [3.05, 3.63) is 53.5 Å². The van der Waals surface area contributed by atoms with Gasteiger partial charge < -0.3 is 20.9 Å². The van der Waals surface area contributed by atoms with Gasteiger partial charge in [-0.1, -0.05) is 31.9 Å². The van der Waals surface area contributed by atoms with E-state index in [0.29, 0.717) is 22.5 Å². The molecule has 0 fully saturated rings. The first-order valence-corrected chi connectivity index (χ1v) is 9.75. The molecule has 0 heterocycles. The Kier molecular flexibility index (Phi) is 8.84. The molecule has 0 aromatic heterocycles. The number of nitrogens with two attached hydrogens (primary N) is 2. The topological polar surface area (TPSA) is 105 Å². The van der Waals surface area contributed by atoms with Gasteiger partial charge in [-0.15, -0.1) is 0 Å². The van der Waals surface area contributed by atoms with Crippen LogP contribution in [0.15, 0.2) is 33.2 Å². The number of halogens is 3. The molecule has 0 aliphatic rings. The Hall–Kier alpha value is -1.33. The van der Waals surface area contributed by atoms with E-state index in [1.165, 1.54) is 14.2 Å². The van der Waals surface area contributed by atoms with Crippen LogP contribution in [0.3, 0.4) is 0 Å². The van der Waals surface area contributed by atoms with E-state index in [2.05, 4.69) is 63.9 Å². The van der Waals surface area contributed by atoms with E-state index >= 15 is 0 Å². The van der Waals surface area contributed by atoms with Crippen molar-refractivity contribution < 1.29 is 19.1 Å². The van der Waals surface area contributed by atoms with Crippen LogP contribution in [-0.2, 0) is 9.47 Å². The Labute approximate surface area is 182 Å². The lowest BCUT2D eigenvalue weighted by Crippen LogP contribution is -2.06. The van der Waals surface area contributed by atoms with Gasteiger partial charge in [0, 0.05) is 18.2 Å². The molecule has 26 heavy (non-hydrogen) atoms. The highest BCUT2D eigenvalue weighted by Crippen LogP contribution is 2.25. The van der Waals surface area contributed by atoms with Crippen LogP contribution >= 0.6 is 54.5 Å². The molecule has 140 valence electrons. The molecule has 2 aromatic rings. The summed E-state index contributed by atoms with van der Waals surface area (Å²) in [6, 6.07) is 6.97. The summed E-state index contributed by atoms with van der Waals surface area (Å²) in [7, 11) is 2.66. The van der Waals surface area contributed by atoms with E-state index in [-0.39, 0.29) is 0 Å². The van der Waals surface area contributed by atoms with Crippen LogP contribution in [0.1, 0.15) is 26.3 Å². The van der Waals surface area contributed by atoms with Crippen LogP contribution in [0.5, 0.6) is 0 Å². The third kappa shape index (κ3) is 5.85. The predicted octanol–water partition coefficient (Wildman–Crippen LogP) is 4.55. The van der Waals surface area contributed by atoms with Gasteiger partial charge in [-0.2, -0.15) is 0 Å². The Morgan fingerprint density at radius 3 is 1.77 bits per heavy atom. The van der Waals surface area contributed by atoms with E-state index in [1.54, 1.807) is 12.1 Å². The van der Waals surface area contributed by atoms with E-state index in [1.807, 2.05) is 19.1 Å². The second-order valence-electron chi connectivity index (χ2n) is 5.02. The molecule has 6 nitrogen and oxygen atoms in total. The van der Waals surface area contributed by atoms with Crippen molar-refractivity contribution in [2.24, 2.45) is 0 Å². The lowest BCUT2D eigenvalue weighted by atomic mass is 10.1. The molecule has 4 N–H and O–H groups in total. The average molecular weight is 600 g/mol. The fraction of sp³-hybridized carbons (Fsp3) is 0.176. The SMILES string of the molecule is COC(=O)c1cc(Br)cc(C)c1N.COC(=O)c1cc(Br)cc(I)c1N. The van der Waals surface area contributed by atoms with Crippen molar-refractivity contribution in [2.75, 3.05) is 25.7 Å². The maximum Gasteiger partial charge on any atom is 0.340 e. The number of carbonyl (C=O) groups is 2. The number of aryl methyl sites for hydroxylation is 1. The van der Waals surface area contributed by atoms with Crippen LogP contribution in [-0.4, -0.2) is 26.2 Å². The number of carbonyl (C=O) groups excluding carboxylic acids is 2. The van der Waals surface area contributed by atoms with Gasteiger partial charge in [-0.25, -0.2) is 9.59 Å². The minimum Gasteiger partial charge on any atom is -0.465 e. The van der Waals surface area contributed by atoms with Crippen molar-refractivity contribution in [2.45, 2.75) is 6.92 Å². The largest absolute Gasteiger partial charge is 0.465 e. The lowest BCUT2D eigenvalue weighted by molar-refractivity contribution is 0.0593. The fourth-order valence-electron chi connectivity index (χ4n) is 1.90. The van der Waals surface area contributed by atoms with Gasteiger partial charge in [0.2, 0.25) is 0 Å². The van der Waals surface area contributed by atoms with Gasteiger partial charge in [0.1, 0.15) is 0 Å². The van der Waals surface area contributed by atoms with Gasteiger partial charge in [-0.3, -0.25) is 0 Å². The maximum absolute atomic E-state index is 11.2. The standard InChI is InChI=1S/C9H10BrNO2.C8H7BrINO2/c1-5-3-6(10)4-7(8(5)11)9(12)13-2;1-13-8(12)5-2-4(9)3-6(10)7(5)11/h3-4H,11H2,1-2H3;2-3H,11H2,1H3. The highest BCUT2D eigenvalue weighted by Gasteiger charge is 2.13. The third-order valence-corrected chi connectivity index (χ3v) is 5.06. The number of anilines is 2. The summed E-state index contributed by atoms with van der Waals surface area (Å²) in [5.74, 6) is -0.835. The monoisotopic (exact) mass is 598 g/mol.